The van der Waals surface area contributed by atoms with E-state index in [1.165, 1.54) is 37.1 Å². The average molecular weight is 221 g/mol. The van der Waals surface area contributed by atoms with E-state index in [-0.39, 0.29) is 0 Å². The highest BCUT2D eigenvalue weighted by molar-refractivity contribution is 5.20. The zero-order valence-electron chi connectivity index (χ0n) is 11.6. The first kappa shape index (κ1) is 15.2. The standard InChI is InChI=1S/C8H10.C7H17N/c1-7-4-3-5-8(2)6-7;1-4-6-8(3)7-5-2/h3-6H,1-2H3;4-7H2,1-3H3. The fourth-order valence-corrected chi connectivity index (χ4v) is 1.68. The minimum atomic E-state index is 1.24. The molecule has 0 fully saturated rings. The minimum Gasteiger partial charge on any atom is -0.306 e. The summed E-state index contributed by atoms with van der Waals surface area (Å²) in [6.07, 6.45) is 2.55. The summed E-state index contributed by atoms with van der Waals surface area (Å²) in [6.45, 7) is 11.1. The van der Waals surface area contributed by atoms with Crippen LogP contribution < -0.4 is 0 Å². The normalized spacial score (nSPS) is 9.88. The summed E-state index contributed by atoms with van der Waals surface area (Å²) in [5, 5.41) is 0. The Kier molecular flexibility index (Phi) is 8.93. The molecule has 0 spiro atoms. The number of rotatable bonds is 4. The lowest BCUT2D eigenvalue weighted by atomic mass is 10.2. The van der Waals surface area contributed by atoms with Crippen LogP contribution in [0.1, 0.15) is 37.8 Å². The Balaban J connectivity index is 0.000000281. The summed E-state index contributed by atoms with van der Waals surface area (Å²) in [4.78, 5) is 2.36. The number of aryl methyl sites for hydroxylation is 2. The lowest BCUT2D eigenvalue weighted by molar-refractivity contribution is 0.335. The number of hydrogen-bond donors (Lipinski definition) is 0. The Bertz CT molecular complexity index is 245. The van der Waals surface area contributed by atoms with E-state index in [0.717, 1.165) is 0 Å². The maximum Gasteiger partial charge on any atom is -0.00244 e. The minimum absolute atomic E-state index is 1.24. The van der Waals surface area contributed by atoms with Crippen molar-refractivity contribution in [1.82, 2.24) is 4.90 Å². The first-order chi connectivity index (χ1) is 7.60. The summed E-state index contributed by atoms with van der Waals surface area (Å²) in [5.74, 6) is 0. The molecule has 0 radical (unpaired) electrons. The second-order valence-electron chi connectivity index (χ2n) is 4.46. The molecule has 0 saturated carbocycles. The molecule has 16 heavy (non-hydrogen) atoms. The molecule has 1 heteroatoms. The predicted octanol–water partition coefficient (Wildman–Crippen LogP) is 4.04. The molecule has 92 valence electrons. The maximum absolute atomic E-state index is 2.36. The molecule has 0 heterocycles. The topological polar surface area (TPSA) is 3.24 Å². The zero-order valence-corrected chi connectivity index (χ0v) is 11.6. The van der Waals surface area contributed by atoms with Crippen LogP contribution in [0.25, 0.3) is 0 Å². The van der Waals surface area contributed by atoms with Crippen molar-refractivity contribution >= 4 is 0 Å². The van der Waals surface area contributed by atoms with Crippen molar-refractivity contribution in [3.05, 3.63) is 35.4 Å². The molecule has 0 aromatic heterocycles. The van der Waals surface area contributed by atoms with Crippen molar-refractivity contribution < 1.29 is 0 Å². The van der Waals surface area contributed by atoms with Gasteiger partial charge >= 0.3 is 0 Å². The van der Waals surface area contributed by atoms with Gasteiger partial charge < -0.3 is 4.90 Å². The van der Waals surface area contributed by atoms with E-state index in [1.54, 1.807) is 0 Å². The third-order valence-electron chi connectivity index (χ3n) is 2.38. The van der Waals surface area contributed by atoms with Gasteiger partial charge in [-0.3, -0.25) is 0 Å². The summed E-state index contributed by atoms with van der Waals surface area (Å²) in [6, 6.07) is 8.45. The van der Waals surface area contributed by atoms with Crippen LogP contribution in [0.15, 0.2) is 24.3 Å². The van der Waals surface area contributed by atoms with Gasteiger partial charge in [-0.15, -0.1) is 0 Å². The lowest BCUT2D eigenvalue weighted by Crippen LogP contribution is -2.19. The summed E-state index contributed by atoms with van der Waals surface area (Å²) < 4.78 is 0. The molecule has 0 atom stereocenters. The van der Waals surface area contributed by atoms with E-state index in [0.29, 0.717) is 0 Å². The van der Waals surface area contributed by atoms with Crippen LogP contribution in [0, 0.1) is 13.8 Å². The SMILES string of the molecule is CCCN(C)CCC.Cc1cccc(C)c1. The van der Waals surface area contributed by atoms with Crippen LogP contribution in [0.5, 0.6) is 0 Å². The Morgan fingerprint density at radius 1 is 0.938 bits per heavy atom. The smallest absolute Gasteiger partial charge is 0.00244 e. The average Bonchev–Trinajstić information content (AvgIpc) is 2.18. The molecule has 0 N–H and O–H groups in total. The summed E-state index contributed by atoms with van der Waals surface area (Å²) >= 11 is 0. The van der Waals surface area contributed by atoms with E-state index in [2.05, 4.69) is 63.9 Å². The van der Waals surface area contributed by atoms with Crippen LogP contribution in [0.3, 0.4) is 0 Å². The molecule has 0 unspecified atom stereocenters. The van der Waals surface area contributed by atoms with E-state index in [1.807, 2.05) is 0 Å². The number of benzene rings is 1. The molecule has 1 nitrogen and oxygen atoms in total. The second kappa shape index (κ2) is 9.41. The van der Waals surface area contributed by atoms with Gasteiger partial charge in [-0.2, -0.15) is 0 Å². The Morgan fingerprint density at radius 3 is 1.62 bits per heavy atom. The van der Waals surface area contributed by atoms with Gasteiger partial charge in [0.2, 0.25) is 0 Å². The first-order valence-corrected chi connectivity index (χ1v) is 6.32. The highest BCUT2D eigenvalue weighted by Crippen LogP contribution is 2.00. The van der Waals surface area contributed by atoms with Crippen molar-refractivity contribution in [3.8, 4) is 0 Å². The zero-order chi connectivity index (χ0) is 12.4. The van der Waals surface area contributed by atoms with Crippen LogP contribution in [-0.2, 0) is 0 Å². The van der Waals surface area contributed by atoms with E-state index < -0.39 is 0 Å². The fourth-order valence-electron chi connectivity index (χ4n) is 1.68. The largest absolute Gasteiger partial charge is 0.306 e. The first-order valence-electron chi connectivity index (χ1n) is 6.32. The maximum atomic E-state index is 2.36. The molecule has 0 bridgehead atoms. The van der Waals surface area contributed by atoms with E-state index >= 15 is 0 Å². The molecular weight excluding hydrogens is 194 g/mol. The van der Waals surface area contributed by atoms with Gasteiger partial charge in [0.1, 0.15) is 0 Å². The van der Waals surface area contributed by atoms with Gasteiger partial charge in [-0.1, -0.05) is 49.2 Å². The second-order valence-corrected chi connectivity index (χ2v) is 4.46. The van der Waals surface area contributed by atoms with E-state index in [9.17, 15) is 0 Å². The van der Waals surface area contributed by atoms with Gasteiger partial charge in [0, 0.05) is 0 Å². The van der Waals surface area contributed by atoms with Gasteiger partial charge in [-0.05, 0) is 46.8 Å². The molecule has 1 aromatic carbocycles. The molecule has 1 aromatic rings. The van der Waals surface area contributed by atoms with Crippen molar-refractivity contribution in [2.24, 2.45) is 0 Å². The Hall–Kier alpha value is -0.820. The van der Waals surface area contributed by atoms with Crippen LogP contribution >= 0.6 is 0 Å². The predicted molar refractivity (Wildman–Crippen MR) is 74.0 cm³/mol. The molecule has 1 rings (SSSR count). The third-order valence-corrected chi connectivity index (χ3v) is 2.38. The van der Waals surface area contributed by atoms with Crippen LogP contribution in [0.2, 0.25) is 0 Å². The molecule has 0 saturated heterocycles. The van der Waals surface area contributed by atoms with Gasteiger partial charge in [0.15, 0.2) is 0 Å². The molecular formula is C15H27N. The van der Waals surface area contributed by atoms with Crippen LogP contribution in [-0.4, -0.2) is 25.0 Å². The highest BCUT2D eigenvalue weighted by atomic mass is 15.1. The summed E-state index contributed by atoms with van der Waals surface area (Å²) in [5.41, 5.74) is 2.68. The van der Waals surface area contributed by atoms with Crippen LogP contribution in [0.4, 0.5) is 0 Å². The molecule has 0 amide bonds. The van der Waals surface area contributed by atoms with Gasteiger partial charge in [-0.25, -0.2) is 0 Å². The monoisotopic (exact) mass is 221 g/mol. The number of nitrogens with zero attached hydrogens (tertiary/aromatic N) is 1. The Morgan fingerprint density at radius 2 is 1.38 bits per heavy atom. The van der Waals surface area contributed by atoms with Crippen molar-refractivity contribution in [2.75, 3.05) is 20.1 Å². The van der Waals surface area contributed by atoms with Crippen molar-refractivity contribution in [1.29, 1.82) is 0 Å². The van der Waals surface area contributed by atoms with Gasteiger partial charge in [0.05, 0.1) is 0 Å². The van der Waals surface area contributed by atoms with Crippen molar-refractivity contribution in [2.45, 2.75) is 40.5 Å². The fraction of sp³-hybridized carbons (Fsp3) is 0.600. The molecule has 0 aliphatic heterocycles. The number of hydrogen-bond acceptors (Lipinski definition) is 1. The molecule has 0 aliphatic rings. The highest BCUT2D eigenvalue weighted by Gasteiger charge is 1.90. The van der Waals surface area contributed by atoms with E-state index in [4.69, 9.17) is 0 Å². The lowest BCUT2D eigenvalue weighted by Gasteiger charge is -2.12. The van der Waals surface area contributed by atoms with Crippen molar-refractivity contribution in [3.63, 3.8) is 0 Å². The summed E-state index contributed by atoms with van der Waals surface area (Å²) in [7, 11) is 2.17. The third kappa shape index (κ3) is 8.49. The quantitative estimate of drug-likeness (QED) is 0.741. The Labute approximate surface area is 101 Å². The molecule has 0 aliphatic carbocycles. The van der Waals surface area contributed by atoms with Gasteiger partial charge in [0.25, 0.3) is 0 Å².